The average molecular weight is 326 g/mol. The van der Waals surface area contributed by atoms with E-state index in [-0.39, 0.29) is 0 Å². The second kappa shape index (κ2) is 5.47. The Kier molecular flexibility index (Phi) is 3.69. The molecule has 0 aromatic carbocycles. The van der Waals surface area contributed by atoms with Gasteiger partial charge in [-0.05, 0) is 12.1 Å². The van der Waals surface area contributed by atoms with Crippen molar-refractivity contribution in [3.63, 3.8) is 0 Å². The number of pyridine rings is 1. The molecule has 20 heavy (non-hydrogen) atoms. The maximum absolute atomic E-state index is 6.09. The number of rotatable bonds is 3. The van der Waals surface area contributed by atoms with Crippen molar-refractivity contribution >= 4 is 46.4 Å². The fourth-order valence-electron chi connectivity index (χ4n) is 1.71. The molecule has 0 amide bonds. The lowest BCUT2D eigenvalue weighted by Crippen LogP contribution is -1.95. The predicted molar refractivity (Wildman–Crippen MR) is 81.2 cm³/mol. The lowest BCUT2D eigenvalue weighted by molar-refractivity contribution is 0.974. The second-order valence-electron chi connectivity index (χ2n) is 4.00. The van der Waals surface area contributed by atoms with Crippen LogP contribution < -0.4 is 5.73 Å². The van der Waals surface area contributed by atoms with Gasteiger partial charge in [-0.25, -0.2) is 15.0 Å². The highest BCUT2D eigenvalue weighted by Crippen LogP contribution is 2.22. The van der Waals surface area contributed by atoms with Crippen LogP contribution in [0.25, 0.3) is 5.65 Å². The van der Waals surface area contributed by atoms with E-state index in [0.29, 0.717) is 27.0 Å². The van der Waals surface area contributed by atoms with Gasteiger partial charge >= 0.3 is 0 Å². The molecule has 0 aliphatic carbocycles. The monoisotopic (exact) mass is 325 g/mol. The van der Waals surface area contributed by atoms with Gasteiger partial charge in [0.1, 0.15) is 21.8 Å². The summed E-state index contributed by atoms with van der Waals surface area (Å²) in [5.74, 6) is 0.961. The lowest BCUT2D eigenvalue weighted by Gasteiger charge is -1.99. The Labute approximate surface area is 129 Å². The molecule has 3 rings (SSSR count). The third-order valence-electron chi connectivity index (χ3n) is 2.54. The summed E-state index contributed by atoms with van der Waals surface area (Å²) in [5.41, 5.74) is 7.31. The molecular weight excluding hydrogens is 317 g/mol. The van der Waals surface area contributed by atoms with Crippen LogP contribution in [0.1, 0.15) is 5.69 Å². The first-order valence-electron chi connectivity index (χ1n) is 5.67. The van der Waals surface area contributed by atoms with Crippen LogP contribution in [0.5, 0.6) is 0 Å². The number of nitrogen functional groups attached to an aromatic ring is 1. The van der Waals surface area contributed by atoms with Gasteiger partial charge in [-0.15, -0.1) is 0 Å². The Morgan fingerprint density at radius 2 is 2.05 bits per heavy atom. The van der Waals surface area contributed by atoms with Crippen LogP contribution in [0.3, 0.4) is 0 Å². The molecule has 0 aliphatic heterocycles. The highest BCUT2D eigenvalue weighted by molar-refractivity contribution is 7.98. The number of thioether (sulfide) groups is 1. The van der Waals surface area contributed by atoms with Crippen LogP contribution in [0.15, 0.2) is 35.6 Å². The number of nitrogens with two attached hydrogens (primary N) is 1. The molecule has 5 nitrogen and oxygen atoms in total. The number of anilines is 1. The molecule has 0 spiro atoms. The van der Waals surface area contributed by atoms with Crippen molar-refractivity contribution in [2.24, 2.45) is 0 Å². The minimum Gasteiger partial charge on any atom is -0.384 e. The molecule has 0 aliphatic rings. The highest BCUT2D eigenvalue weighted by atomic mass is 35.5. The largest absolute Gasteiger partial charge is 0.384 e. The zero-order chi connectivity index (χ0) is 14.1. The predicted octanol–water partition coefficient (Wildman–Crippen LogP) is 3.31. The molecule has 0 saturated carbocycles. The maximum atomic E-state index is 6.09. The maximum Gasteiger partial charge on any atom is 0.191 e. The van der Waals surface area contributed by atoms with Gasteiger partial charge in [-0.2, -0.15) is 0 Å². The van der Waals surface area contributed by atoms with Crippen LogP contribution >= 0.6 is 35.0 Å². The van der Waals surface area contributed by atoms with Crippen LogP contribution in [0.4, 0.5) is 5.82 Å². The molecule has 0 radical (unpaired) electrons. The summed E-state index contributed by atoms with van der Waals surface area (Å²) in [6.45, 7) is 0. The van der Waals surface area contributed by atoms with E-state index in [1.54, 1.807) is 0 Å². The third kappa shape index (κ3) is 2.82. The molecule has 3 heterocycles. The van der Waals surface area contributed by atoms with Gasteiger partial charge in [-0.1, -0.05) is 41.0 Å². The summed E-state index contributed by atoms with van der Waals surface area (Å²) >= 11 is 13.3. The SMILES string of the molecule is Nc1cc(Cl)nc(SCc2cn3c(Cl)cccc3n2)n1. The number of fused-ring (bicyclic) bond motifs is 1. The molecule has 3 aromatic rings. The summed E-state index contributed by atoms with van der Waals surface area (Å²) < 4.78 is 1.82. The van der Waals surface area contributed by atoms with Crippen LogP contribution in [-0.4, -0.2) is 19.4 Å². The Morgan fingerprint density at radius 1 is 1.20 bits per heavy atom. The molecule has 0 fully saturated rings. The van der Waals surface area contributed by atoms with Gasteiger partial charge in [0.25, 0.3) is 0 Å². The number of halogens is 2. The Hall–Kier alpha value is -1.50. The molecule has 0 saturated heterocycles. The highest BCUT2D eigenvalue weighted by Gasteiger charge is 2.07. The van der Waals surface area contributed by atoms with E-state index in [2.05, 4.69) is 15.0 Å². The van der Waals surface area contributed by atoms with Crippen molar-refractivity contribution < 1.29 is 0 Å². The van der Waals surface area contributed by atoms with Crippen molar-refractivity contribution in [2.45, 2.75) is 10.9 Å². The number of aromatic nitrogens is 4. The Bertz CT molecular complexity index is 753. The van der Waals surface area contributed by atoms with E-state index in [9.17, 15) is 0 Å². The van der Waals surface area contributed by atoms with E-state index in [1.807, 2.05) is 28.8 Å². The van der Waals surface area contributed by atoms with Gasteiger partial charge in [0.2, 0.25) is 0 Å². The molecule has 102 valence electrons. The summed E-state index contributed by atoms with van der Waals surface area (Å²) in [5, 5.41) is 1.48. The smallest absolute Gasteiger partial charge is 0.191 e. The standard InChI is InChI=1S/C12H9Cl2N5S/c13-8-4-10(15)18-12(17-8)20-6-7-5-19-9(14)2-1-3-11(19)16-7/h1-5H,6H2,(H2,15,17,18). The Morgan fingerprint density at radius 3 is 2.80 bits per heavy atom. The second-order valence-corrected chi connectivity index (χ2v) is 5.71. The summed E-state index contributed by atoms with van der Waals surface area (Å²) in [6, 6.07) is 7.08. The zero-order valence-electron chi connectivity index (χ0n) is 10.1. The summed E-state index contributed by atoms with van der Waals surface area (Å²) in [4.78, 5) is 12.7. The number of imidazole rings is 1. The van der Waals surface area contributed by atoms with Crippen molar-refractivity contribution in [2.75, 3.05) is 5.73 Å². The fourth-order valence-corrected chi connectivity index (χ4v) is 2.91. The Balaban J connectivity index is 1.81. The average Bonchev–Trinajstić information content (AvgIpc) is 2.80. The van der Waals surface area contributed by atoms with Crippen molar-refractivity contribution in [3.8, 4) is 0 Å². The first kappa shape index (κ1) is 13.5. The van der Waals surface area contributed by atoms with Gasteiger partial charge in [0.15, 0.2) is 5.16 Å². The first-order chi connectivity index (χ1) is 9.61. The fraction of sp³-hybridized carbons (Fsp3) is 0.0833. The van der Waals surface area contributed by atoms with E-state index in [4.69, 9.17) is 28.9 Å². The first-order valence-corrected chi connectivity index (χ1v) is 7.41. The minimum atomic E-state index is 0.332. The van der Waals surface area contributed by atoms with Crippen LogP contribution in [-0.2, 0) is 5.75 Å². The molecule has 0 unspecified atom stereocenters. The molecule has 2 N–H and O–H groups in total. The molecule has 0 atom stereocenters. The van der Waals surface area contributed by atoms with E-state index in [0.717, 1.165) is 11.3 Å². The van der Waals surface area contributed by atoms with Crippen molar-refractivity contribution in [1.29, 1.82) is 0 Å². The molecule has 0 bridgehead atoms. The topological polar surface area (TPSA) is 69.1 Å². The van der Waals surface area contributed by atoms with Crippen molar-refractivity contribution in [1.82, 2.24) is 19.4 Å². The van der Waals surface area contributed by atoms with Gasteiger partial charge in [-0.3, -0.25) is 4.40 Å². The van der Waals surface area contributed by atoms with Crippen molar-refractivity contribution in [3.05, 3.63) is 46.5 Å². The van der Waals surface area contributed by atoms with Gasteiger partial charge in [0.05, 0.1) is 5.69 Å². The van der Waals surface area contributed by atoms with E-state index >= 15 is 0 Å². The minimum absolute atomic E-state index is 0.332. The third-order valence-corrected chi connectivity index (χ3v) is 3.92. The summed E-state index contributed by atoms with van der Waals surface area (Å²) in [6.07, 6.45) is 1.89. The van der Waals surface area contributed by atoms with Crippen LogP contribution in [0, 0.1) is 0 Å². The van der Waals surface area contributed by atoms with Crippen LogP contribution in [0.2, 0.25) is 10.3 Å². The van der Waals surface area contributed by atoms with Gasteiger partial charge < -0.3 is 5.73 Å². The number of hydrogen-bond acceptors (Lipinski definition) is 5. The number of nitrogens with zero attached hydrogens (tertiary/aromatic N) is 4. The van der Waals surface area contributed by atoms with Gasteiger partial charge in [0, 0.05) is 18.0 Å². The molecule has 3 aromatic heterocycles. The normalized spacial score (nSPS) is 11.1. The van der Waals surface area contributed by atoms with E-state index < -0.39 is 0 Å². The molecule has 8 heteroatoms. The molecular formula is C12H9Cl2N5S. The zero-order valence-corrected chi connectivity index (χ0v) is 12.5. The summed E-state index contributed by atoms with van der Waals surface area (Å²) in [7, 11) is 0. The quantitative estimate of drug-likeness (QED) is 0.346. The van der Waals surface area contributed by atoms with E-state index in [1.165, 1.54) is 17.8 Å². The number of hydrogen-bond donors (Lipinski definition) is 1. The lowest BCUT2D eigenvalue weighted by atomic mass is 10.5.